The zero-order valence-corrected chi connectivity index (χ0v) is 11.4. The van der Waals surface area contributed by atoms with Crippen LogP contribution in [0.25, 0.3) is 0 Å². The van der Waals surface area contributed by atoms with E-state index in [1.807, 2.05) is 6.07 Å². The van der Waals surface area contributed by atoms with Gasteiger partial charge in [-0.1, -0.05) is 18.2 Å². The number of hydrogen-bond acceptors (Lipinski definition) is 4. The van der Waals surface area contributed by atoms with Gasteiger partial charge in [-0.25, -0.2) is 9.78 Å². The predicted molar refractivity (Wildman–Crippen MR) is 76.5 cm³/mol. The monoisotopic (exact) mass is 286 g/mol. The molecule has 0 bridgehead atoms. The number of carboxylic acids is 1. The highest BCUT2D eigenvalue weighted by molar-refractivity contribution is 5.99. The second-order valence-corrected chi connectivity index (χ2v) is 4.24. The van der Waals surface area contributed by atoms with E-state index in [0.29, 0.717) is 11.3 Å². The maximum Gasteiger partial charge on any atom is 0.339 e. The summed E-state index contributed by atoms with van der Waals surface area (Å²) in [4.78, 5) is 27.0. The van der Waals surface area contributed by atoms with Crippen molar-refractivity contribution < 1.29 is 19.4 Å². The summed E-state index contributed by atoms with van der Waals surface area (Å²) in [5.74, 6) is -0.867. The van der Waals surface area contributed by atoms with Crippen LogP contribution in [0.4, 0.5) is 5.82 Å². The minimum atomic E-state index is -1.14. The van der Waals surface area contributed by atoms with Gasteiger partial charge in [0.25, 0.3) is 0 Å². The van der Waals surface area contributed by atoms with Gasteiger partial charge in [-0.15, -0.1) is 0 Å². The van der Waals surface area contributed by atoms with Crippen LogP contribution < -0.4 is 10.1 Å². The zero-order chi connectivity index (χ0) is 15.2. The molecule has 2 aromatic rings. The van der Waals surface area contributed by atoms with Gasteiger partial charge >= 0.3 is 5.97 Å². The Hall–Kier alpha value is -2.89. The number of nitrogens with zero attached hydrogens (tertiary/aromatic N) is 1. The lowest BCUT2D eigenvalue weighted by atomic mass is 10.1. The largest absolute Gasteiger partial charge is 0.496 e. The fourth-order valence-corrected chi connectivity index (χ4v) is 1.88. The van der Waals surface area contributed by atoms with Crippen LogP contribution in [0.3, 0.4) is 0 Å². The predicted octanol–water partition coefficient (Wildman–Crippen LogP) is 1.97. The van der Waals surface area contributed by atoms with Gasteiger partial charge in [-0.2, -0.15) is 0 Å². The van der Waals surface area contributed by atoms with Crippen molar-refractivity contribution in [1.29, 1.82) is 0 Å². The average molecular weight is 286 g/mol. The first kappa shape index (κ1) is 14.5. The van der Waals surface area contributed by atoms with E-state index in [1.165, 1.54) is 25.4 Å². The lowest BCUT2D eigenvalue weighted by Gasteiger charge is -2.09. The molecule has 21 heavy (non-hydrogen) atoms. The topological polar surface area (TPSA) is 88.5 Å². The number of anilines is 1. The van der Waals surface area contributed by atoms with Gasteiger partial charge in [0.1, 0.15) is 17.1 Å². The van der Waals surface area contributed by atoms with E-state index in [4.69, 9.17) is 9.84 Å². The molecule has 0 fully saturated rings. The second kappa shape index (κ2) is 6.51. The summed E-state index contributed by atoms with van der Waals surface area (Å²) in [5.41, 5.74) is 0.663. The Morgan fingerprint density at radius 1 is 1.24 bits per heavy atom. The molecule has 0 unspecified atom stereocenters. The maximum atomic E-state index is 12.0. The Balaban J connectivity index is 2.14. The number of pyridine rings is 1. The molecule has 0 spiro atoms. The molecule has 1 amide bonds. The van der Waals surface area contributed by atoms with E-state index in [1.54, 1.807) is 18.2 Å². The molecule has 2 rings (SSSR count). The lowest BCUT2D eigenvalue weighted by Crippen LogP contribution is -2.18. The van der Waals surface area contributed by atoms with Crippen molar-refractivity contribution in [2.75, 3.05) is 12.4 Å². The van der Waals surface area contributed by atoms with E-state index in [-0.39, 0.29) is 23.7 Å². The Labute approximate surface area is 121 Å². The highest BCUT2D eigenvalue weighted by Crippen LogP contribution is 2.19. The summed E-state index contributed by atoms with van der Waals surface area (Å²) in [6.45, 7) is 0. The first-order chi connectivity index (χ1) is 10.1. The number of para-hydroxylation sites is 1. The number of methoxy groups -OCH3 is 1. The van der Waals surface area contributed by atoms with E-state index in [9.17, 15) is 9.59 Å². The number of carbonyl (C=O) groups is 2. The number of carbonyl (C=O) groups excluding carboxylic acids is 1. The van der Waals surface area contributed by atoms with E-state index in [2.05, 4.69) is 10.3 Å². The summed E-state index contributed by atoms with van der Waals surface area (Å²) in [6, 6.07) is 10.0. The van der Waals surface area contributed by atoms with Crippen LogP contribution in [0.15, 0.2) is 42.6 Å². The van der Waals surface area contributed by atoms with Crippen LogP contribution in [0.5, 0.6) is 5.75 Å². The fraction of sp³-hybridized carbons (Fsp3) is 0.133. The van der Waals surface area contributed by atoms with Gasteiger partial charge < -0.3 is 15.2 Å². The quantitative estimate of drug-likeness (QED) is 0.877. The van der Waals surface area contributed by atoms with Gasteiger partial charge in [-0.3, -0.25) is 4.79 Å². The summed E-state index contributed by atoms with van der Waals surface area (Å²) >= 11 is 0. The van der Waals surface area contributed by atoms with Gasteiger partial charge in [0, 0.05) is 11.8 Å². The SMILES string of the molecule is COc1ccccc1CC(=O)Nc1ncccc1C(=O)O. The molecular weight excluding hydrogens is 272 g/mol. The van der Waals surface area contributed by atoms with Crippen molar-refractivity contribution in [3.8, 4) is 5.75 Å². The number of nitrogens with one attached hydrogen (secondary N) is 1. The summed E-state index contributed by atoms with van der Waals surface area (Å²) in [5, 5.41) is 11.5. The molecule has 0 atom stereocenters. The zero-order valence-electron chi connectivity index (χ0n) is 11.4. The number of carboxylic acid groups (broad SMARTS) is 1. The van der Waals surface area contributed by atoms with E-state index < -0.39 is 5.97 Å². The van der Waals surface area contributed by atoms with Gasteiger partial charge in [0.05, 0.1) is 13.5 Å². The first-order valence-electron chi connectivity index (χ1n) is 6.22. The van der Waals surface area contributed by atoms with Crippen LogP contribution >= 0.6 is 0 Å². The summed E-state index contributed by atoms with van der Waals surface area (Å²) in [6.07, 6.45) is 1.49. The summed E-state index contributed by atoms with van der Waals surface area (Å²) in [7, 11) is 1.53. The third-order valence-electron chi connectivity index (χ3n) is 2.84. The molecule has 108 valence electrons. The molecule has 0 aliphatic rings. The number of ether oxygens (including phenoxy) is 1. The molecular formula is C15H14N2O4. The number of hydrogen-bond donors (Lipinski definition) is 2. The molecule has 6 heteroatoms. The molecule has 0 saturated carbocycles. The second-order valence-electron chi connectivity index (χ2n) is 4.24. The molecule has 2 N–H and O–H groups in total. The van der Waals surface area contributed by atoms with Crippen molar-refractivity contribution in [3.63, 3.8) is 0 Å². The summed E-state index contributed by atoms with van der Waals surface area (Å²) < 4.78 is 5.17. The Morgan fingerprint density at radius 3 is 2.71 bits per heavy atom. The lowest BCUT2D eigenvalue weighted by molar-refractivity contribution is -0.115. The standard InChI is InChI=1S/C15H14N2O4/c1-21-12-7-3-2-5-10(12)9-13(18)17-14-11(15(19)20)6-4-8-16-14/h2-8H,9H2,1H3,(H,19,20)(H,16,17,18). The third-order valence-corrected chi connectivity index (χ3v) is 2.84. The first-order valence-corrected chi connectivity index (χ1v) is 6.22. The van der Waals surface area contributed by atoms with Crippen LogP contribution in [0, 0.1) is 0 Å². The molecule has 1 heterocycles. The molecule has 1 aromatic heterocycles. The van der Waals surface area contributed by atoms with Crippen LogP contribution in [0.2, 0.25) is 0 Å². The smallest absolute Gasteiger partial charge is 0.339 e. The maximum absolute atomic E-state index is 12.0. The van der Waals surface area contributed by atoms with Crippen molar-refractivity contribution >= 4 is 17.7 Å². The van der Waals surface area contributed by atoms with Crippen molar-refractivity contribution in [2.45, 2.75) is 6.42 Å². The van der Waals surface area contributed by atoms with Crippen LogP contribution in [-0.4, -0.2) is 29.1 Å². The fourth-order valence-electron chi connectivity index (χ4n) is 1.88. The number of aromatic carboxylic acids is 1. The van der Waals surface area contributed by atoms with Gasteiger partial charge in [0.15, 0.2) is 0 Å². The molecule has 1 aromatic carbocycles. The molecule has 0 saturated heterocycles. The van der Waals surface area contributed by atoms with E-state index in [0.717, 1.165) is 0 Å². The van der Waals surface area contributed by atoms with Crippen molar-refractivity contribution in [3.05, 3.63) is 53.7 Å². The number of aromatic nitrogens is 1. The Bertz CT molecular complexity index is 670. The van der Waals surface area contributed by atoms with Crippen molar-refractivity contribution in [1.82, 2.24) is 4.98 Å². The minimum Gasteiger partial charge on any atom is -0.496 e. The molecule has 6 nitrogen and oxygen atoms in total. The number of amides is 1. The van der Waals surface area contributed by atoms with Crippen LogP contribution in [0.1, 0.15) is 15.9 Å². The minimum absolute atomic E-state index is 0.0323. The normalized spacial score (nSPS) is 9.95. The van der Waals surface area contributed by atoms with E-state index >= 15 is 0 Å². The highest BCUT2D eigenvalue weighted by Gasteiger charge is 2.14. The Kier molecular flexibility index (Phi) is 4.50. The van der Waals surface area contributed by atoms with Gasteiger partial charge in [0.2, 0.25) is 5.91 Å². The van der Waals surface area contributed by atoms with Crippen molar-refractivity contribution in [2.24, 2.45) is 0 Å². The average Bonchev–Trinajstić information content (AvgIpc) is 2.48. The molecule has 0 aliphatic heterocycles. The third kappa shape index (κ3) is 3.56. The highest BCUT2D eigenvalue weighted by atomic mass is 16.5. The van der Waals surface area contributed by atoms with Crippen LogP contribution in [-0.2, 0) is 11.2 Å². The van der Waals surface area contributed by atoms with Gasteiger partial charge in [-0.05, 0) is 18.2 Å². The molecule has 0 aliphatic carbocycles. The number of benzene rings is 1. The Morgan fingerprint density at radius 2 is 2.00 bits per heavy atom. The number of rotatable bonds is 5. The molecule has 0 radical (unpaired) electrons.